The summed E-state index contributed by atoms with van der Waals surface area (Å²) in [5, 5.41) is 8.19. The van der Waals surface area contributed by atoms with Crippen molar-refractivity contribution in [3.63, 3.8) is 0 Å². The number of hydrogen-bond donors (Lipinski definition) is 1. The molecule has 0 bridgehead atoms. The zero-order valence-corrected chi connectivity index (χ0v) is 20.4. The van der Waals surface area contributed by atoms with Crippen LogP contribution in [0.2, 0.25) is 5.02 Å². The van der Waals surface area contributed by atoms with Gasteiger partial charge < -0.3 is 10.2 Å². The SMILES string of the molecule is CC(C)[C@@H](NC(=O)Cn1ccc(-c2ccccc2)n1)C(=O)N1CCC(c2ccc(Cl)cc2)CC1. The fraction of sp³-hybridized carbons (Fsp3) is 0.370. The summed E-state index contributed by atoms with van der Waals surface area (Å²) in [5.74, 6) is 0.184. The first-order valence-electron chi connectivity index (χ1n) is 11.8. The van der Waals surface area contributed by atoms with Gasteiger partial charge in [-0.05, 0) is 48.4 Å². The van der Waals surface area contributed by atoms with Gasteiger partial charge in [-0.15, -0.1) is 0 Å². The minimum absolute atomic E-state index is 0.0108. The van der Waals surface area contributed by atoms with Gasteiger partial charge in [0.1, 0.15) is 12.6 Å². The van der Waals surface area contributed by atoms with E-state index in [4.69, 9.17) is 11.6 Å². The lowest BCUT2D eigenvalue weighted by Gasteiger charge is -2.35. The topological polar surface area (TPSA) is 67.2 Å². The Hall–Kier alpha value is -3.12. The van der Waals surface area contributed by atoms with E-state index in [1.807, 2.05) is 67.3 Å². The lowest BCUT2D eigenvalue weighted by molar-refractivity contribution is -0.138. The lowest BCUT2D eigenvalue weighted by atomic mass is 9.89. The molecule has 1 N–H and O–H groups in total. The van der Waals surface area contributed by atoms with Crippen LogP contribution < -0.4 is 5.32 Å². The molecule has 178 valence electrons. The first kappa shape index (κ1) is 24.0. The smallest absolute Gasteiger partial charge is 0.245 e. The molecule has 0 unspecified atom stereocenters. The van der Waals surface area contributed by atoms with Crippen molar-refractivity contribution in [2.45, 2.75) is 45.2 Å². The molecule has 1 aliphatic heterocycles. The van der Waals surface area contributed by atoms with Crippen LogP contribution in [0.15, 0.2) is 66.9 Å². The zero-order valence-electron chi connectivity index (χ0n) is 19.7. The number of amides is 2. The van der Waals surface area contributed by atoms with Gasteiger partial charge in [-0.3, -0.25) is 14.3 Å². The molecular formula is C27H31ClN4O2. The third-order valence-corrected chi connectivity index (χ3v) is 6.67. The molecule has 34 heavy (non-hydrogen) atoms. The molecule has 4 rings (SSSR count). The average molecular weight is 479 g/mol. The van der Waals surface area contributed by atoms with Gasteiger partial charge in [-0.2, -0.15) is 5.10 Å². The van der Waals surface area contributed by atoms with Crippen molar-refractivity contribution in [3.8, 4) is 11.3 Å². The molecule has 1 atom stereocenters. The monoisotopic (exact) mass is 478 g/mol. The first-order chi connectivity index (χ1) is 16.4. The Kier molecular flexibility index (Phi) is 7.68. The summed E-state index contributed by atoms with van der Waals surface area (Å²) in [5.41, 5.74) is 3.08. The predicted molar refractivity (Wildman–Crippen MR) is 134 cm³/mol. The standard InChI is InChI=1S/C27H31ClN4O2/c1-19(2)26(27(34)31-15-12-21(13-16-31)20-8-10-23(28)11-9-20)29-25(33)18-32-17-14-24(30-32)22-6-4-3-5-7-22/h3-11,14,17,19,21,26H,12-13,15-16,18H2,1-2H3,(H,29,33)/t26-/m1/s1. The second kappa shape index (κ2) is 10.9. The summed E-state index contributed by atoms with van der Waals surface area (Å²) in [6.45, 7) is 5.37. The highest BCUT2D eigenvalue weighted by Crippen LogP contribution is 2.29. The van der Waals surface area contributed by atoms with Crippen molar-refractivity contribution < 1.29 is 9.59 Å². The van der Waals surface area contributed by atoms with Gasteiger partial charge >= 0.3 is 0 Å². The van der Waals surface area contributed by atoms with Crippen LogP contribution in [0.4, 0.5) is 0 Å². The number of carbonyl (C=O) groups excluding carboxylic acids is 2. The van der Waals surface area contributed by atoms with E-state index in [2.05, 4.69) is 22.5 Å². The Balaban J connectivity index is 1.33. The predicted octanol–water partition coefficient (Wildman–Crippen LogP) is 4.75. The highest BCUT2D eigenvalue weighted by atomic mass is 35.5. The van der Waals surface area contributed by atoms with Crippen LogP contribution in [0.5, 0.6) is 0 Å². The van der Waals surface area contributed by atoms with Gasteiger partial charge in [0.25, 0.3) is 0 Å². The second-order valence-electron chi connectivity index (χ2n) is 9.20. The Labute approximate surface area is 205 Å². The van der Waals surface area contributed by atoms with Crippen LogP contribution in [-0.4, -0.2) is 45.6 Å². The fourth-order valence-electron chi connectivity index (χ4n) is 4.46. The fourth-order valence-corrected chi connectivity index (χ4v) is 4.58. The number of rotatable bonds is 7. The third-order valence-electron chi connectivity index (χ3n) is 6.41. The largest absolute Gasteiger partial charge is 0.342 e. The minimum Gasteiger partial charge on any atom is -0.342 e. The molecule has 6 nitrogen and oxygen atoms in total. The molecule has 0 spiro atoms. The van der Waals surface area contributed by atoms with E-state index >= 15 is 0 Å². The summed E-state index contributed by atoms with van der Waals surface area (Å²) in [4.78, 5) is 27.9. The maximum absolute atomic E-state index is 13.3. The van der Waals surface area contributed by atoms with E-state index in [0.717, 1.165) is 29.1 Å². The number of nitrogens with zero attached hydrogens (tertiary/aromatic N) is 3. The first-order valence-corrected chi connectivity index (χ1v) is 12.2. The molecule has 3 aromatic rings. The molecule has 0 radical (unpaired) electrons. The van der Waals surface area contributed by atoms with Gasteiger partial charge in [0, 0.05) is 29.9 Å². The second-order valence-corrected chi connectivity index (χ2v) is 9.64. The molecule has 2 amide bonds. The Morgan fingerprint density at radius 2 is 1.71 bits per heavy atom. The zero-order chi connectivity index (χ0) is 24.1. The van der Waals surface area contributed by atoms with Gasteiger partial charge in [0.05, 0.1) is 5.69 Å². The number of carbonyl (C=O) groups is 2. The highest BCUT2D eigenvalue weighted by molar-refractivity contribution is 6.30. The average Bonchev–Trinajstić information content (AvgIpc) is 3.31. The van der Waals surface area contributed by atoms with Crippen LogP contribution in [0.3, 0.4) is 0 Å². The van der Waals surface area contributed by atoms with E-state index in [-0.39, 0.29) is 24.3 Å². The van der Waals surface area contributed by atoms with Crippen LogP contribution in [-0.2, 0) is 16.1 Å². The number of aromatic nitrogens is 2. The van der Waals surface area contributed by atoms with Crippen LogP contribution in [0.25, 0.3) is 11.3 Å². The summed E-state index contributed by atoms with van der Waals surface area (Å²) < 4.78 is 1.61. The number of halogens is 1. The lowest BCUT2D eigenvalue weighted by Crippen LogP contribution is -2.53. The number of benzene rings is 2. The molecule has 1 fully saturated rings. The van der Waals surface area contributed by atoms with Crippen molar-refractivity contribution in [2.24, 2.45) is 5.92 Å². The van der Waals surface area contributed by atoms with E-state index in [9.17, 15) is 9.59 Å². The Morgan fingerprint density at radius 3 is 2.35 bits per heavy atom. The van der Waals surface area contributed by atoms with Crippen molar-refractivity contribution in [3.05, 3.63) is 77.4 Å². The Bertz CT molecular complexity index is 1100. The number of hydrogen-bond acceptors (Lipinski definition) is 3. The third kappa shape index (κ3) is 5.86. The molecule has 0 saturated carbocycles. The molecule has 1 saturated heterocycles. The normalized spacial score (nSPS) is 15.4. The van der Waals surface area contributed by atoms with Crippen LogP contribution >= 0.6 is 11.6 Å². The molecule has 7 heteroatoms. The summed E-state index contributed by atoms with van der Waals surface area (Å²) in [6, 6.07) is 19.1. The minimum atomic E-state index is -0.552. The van der Waals surface area contributed by atoms with Crippen molar-refractivity contribution in [2.75, 3.05) is 13.1 Å². The van der Waals surface area contributed by atoms with Gasteiger partial charge in [-0.25, -0.2) is 0 Å². The van der Waals surface area contributed by atoms with Crippen LogP contribution in [0.1, 0.15) is 38.2 Å². The number of likely N-dealkylation sites (tertiary alicyclic amines) is 1. The van der Waals surface area contributed by atoms with Gasteiger partial charge in [-0.1, -0.05) is 67.9 Å². The molecule has 2 heterocycles. The molecule has 1 aliphatic rings. The highest BCUT2D eigenvalue weighted by Gasteiger charge is 2.31. The molecule has 0 aliphatic carbocycles. The van der Waals surface area contributed by atoms with Crippen LogP contribution in [0, 0.1) is 5.92 Å². The summed E-state index contributed by atoms with van der Waals surface area (Å²) in [7, 11) is 0. The van der Waals surface area contributed by atoms with Gasteiger partial charge in [0.15, 0.2) is 0 Å². The van der Waals surface area contributed by atoms with Crippen molar-refractivity contribution >= 4 is 23.4 Å². The summed E-state index contributed by atoms with van der Waals surface area (Å²) in [6.07, 6.45) is 3.60. The van der Waals surface area contributed by atoms with E-state index in [1.54, 1.807) is 10.9 Å². The quantitative estimate of drug-likeness (QED) is 0.532. The molecule has 1 aromatic heterocycles. The van der Waals surface area contributed by atoms with E-state index in [1.165, 1.54) is 5.56 Å². The van der Waals surface area contributed by atoms with Crippen molar-refractivity contribution in [1.82, 2.24) is 20.0 Å². The van der Waals surface area contributed by atoms with Gasteiger partial charge in [0.2, 0.25) is 11.8 Å². The van der Waals surface area contributed by atoms with Crippen molar-refractivity contribution in [1.29, 1.82) is 0 Å². The Morgan fingerprint density at radius 1 is 1.03 bits per heavy atom. The number of nitrogens with one attached hydrogen (secondary N) is 1. The maximum atomic E-state index is 13.3. The van der Waals surface area contributed by atoms with E-state index < -0.39 is 6.04 Å². The molecular weight excluding hydrogens is 448 g/mol. The summed E-state index contributed by atoms with van der Waals surface area (Å²) >= 11 is 6.01. The maximum Gasteiger partial charge on any atom is 0.245 e. The number of piperidine rings is 1. The van der Waals surface area contributed by atoms with E-state index in [0.29, 0.717) is 19.0 Å². The molecule has 2 aromatic carbocycles.